The molecule has 0 unspecified atom stereocenters. The van der Waals surface area contributed by atoms with Crippen LogP contribution in [-0.2, 0) is 23.7 Å². The van der Waals surface area contributed by atoms with Crippen molar-refractivity contribution in [3.05, 3.63) is 64.1 Å². The van der Waals surface area contributed by atoms with Crippen LogP contribution in [0.1, 0.15) is 37.0 Å². The number of amides is 1. The zero-order chi connectivity index (χ0) is 29.0. The number of para-hydroxylation sites is 1. The molecule has 2 aliphatic heterocycles. The van der Waals surface area contributed by atoms with Crippen molar-refractivity contribution in [3.63, 3.8) is 0 Å². The van der Waals surface area contributed by atoms with Crippen LogP contribution >= 0.6 is 23.2 Å². The van der Waals surface area contributed by atoms with Crippen LogP contribution in [0.5, 0.6) is 0 Å². The average molecular weight is 588 g/mol. The Balaban J connectivity index is 1.46. The summed E-state index contributed by atoms with van der Waals surface area (Å²) < 4.78 is 11.5. The molecule has 3 atom stereocenters. The summed E-state index contributed by atoms with van der Waals surface area (Å²) >= 11 is 12.1. The van der Waals surface area contributed by atoms with Crippen molar-refractivity contribution in [1.82, 2.24) is 10.2 Å². The van der Waals surface area contributed by atoms with Crippen LogP contribution in [0, 0.1) is 5.92 Å². The van der Waals surface area contributed by atoms with Crippen LogP contribution in [-0.4, -0.2) is 74.4 Å². The van der Waals surface area contributed by atoms with Gasteiger partial charge in [0.15, 0.2) is 5.78 Å². The molecule has 1 amide bonds. The van der Waals surface area contributed by atoms with E-state index in [0.29, 0.717) is 24.5 Å². The Bertz CT molecular complexity index is 1240. The van der Waals surface area contributed by atoms with Crippen LogP contribution in [0.15, 0.2) is 48.5 Å². The van der Waals surface area contributed by atoms with Crippen LogP contribution < -0.4 is 10.2 Å². The molecule has 9 nitrogen and oxygen atoms in total. The highest BCUT2D eigenvalue weighted by atomic mass is 35.5. The number of hydrogen-bond acceptors (Lipinski definition) is 8. The summed E-state index contributed by atoms with van der Waals surface area (Å²) in [6.45, 7) is 4.36. The van der Waals surface area contributed by atoms with E-state index in [1.165, 1.54) is 12.1 Å². The van der Waals surface area contributed by atoms with Crippen molar-refractivity contribution in [2.75, 3.05) is 31.6 Å². The lowest BCUT2D eigenvalue weighted by molar-refractivity contribution is -0.155. The van der Waals surface area contributed by atoms with Crippen LogP contribution in [0.2, 0.25) is 15.9 Å². The maximum atomic E-state index is 13.3. The maximum Gasteiger partial charge on any atom is 0.602 e. The van der Waals surface area contributed by atoms with Crippen molar-refractivity contribution in [3.8, 4) is 0 Å². The standard InChI is InChI=1S/C28H32BCl2N3O6/c1-17(2)11-18(12-21(35)14-32-26(36)22-13-19(30)9-10-23(22)31)29-39-27(37)24-15-34(20-7-5-4-6-8-20)16-25(33(24)3)28(38)40-29/h4-10,13,17-18,24-25H,11-12,14-16H2,1-3H3,(H,32,36)/t18-,24+,25+/m1/s1. The first-order valence-corrected chi connectivity index (χ1v) is 14.0. The van der Waals surface area contributed by atoms with Gasteiger partial charge >= 0.3 is 19.1 Å². The van der Waals surface area contributed by atoms with Gasteiger partial charge in [-0.2, -0.15) is 0 Å². The summed E-state index contributed by atoms with van der Waals surface area (Å²) in [4.78, 5) is 55.9. The molecular weight excluding hydrogens is 556 g/mol. The molecule has 0 aliphatic carbocycles. The molecule has 2 aliphatic rings. The molecular formula is C28H32BCl2N3O6. The Morgan fingerprint density at radius 3 is 2.25 bits per heavy atom. The van der Waals surface area contributed by atoms with Crippen molar-refractivity contribution in [2.45, 2.75) is 44.6 Å². The third-order valence-electron chi connectivity index (χ3n) is 7.17. The Hall–Kier alpha value is -3.08. The lowest BCUT2D eigenvalue weighted by Crippen LogP contribution is -2.65. The van der Waals surface area contributed by atoms with Crippen molar-refractivity contribution < 1.29 is 28.5 Å². The molecule has 0 aromatic heterocycles. The van der Waals surface area contributed by atoms with Gasteiger partial charge < -0.3 is 19.5 Å². The van der Waals surface area contributed by atoms with Gasteiger partial charge in [-0.3, -0.25) is 24.1 Å². The number of hydrogen-bond donors (Lipinski definition) is 1. The van der Waals surface area contributed by atoms with Gasteiger partial charge in [-0.05, 0) is 49.7 Å². The number of piperazine rings is 1. The smallest absolute Gasteiger partial charge is 0.498 e. The fraction of sp³-hybridized carbons (Fsp3) is 0.429. The van der Waals surface area contributed by atoms with E-state index in [4.69, 9.17) is 32.5 Å². The molecule has 2 bridgehead atoms. The summed E-state index contributed by atoms with van der Waals surface area (Å²) in [5.41, 5.74) is 1.05. The topological polar surface area (TPSA) is 105 Å². The molecule has 0 radical (unpaired) electrons. The Morgan fingerprint density at radius 2 is 1.65 bits per heavy atom. The fourth-order valence-electron chi connectivity index (χ4n) is 5.11. The van der Waals surface area contributed by atoms with Crippen molar-refractivity contribution >= 4 is 59.6 Å². The second kappa shape index (κ2) is 13.1. The molecule has 2 fully saturated rings. The number of nitrogens with zero attached hydrogens (tertiary/aromatic N) is 2. The van der Waals surface area contributed by atoms with E-state index in [9.17, 15) is 19.2 Å². The number of anilines is 1. The number of halogens is 2. The zero-order valence-electron chi connectivity index (χ0n) is 22.6. The Morgan fingerprint density at radius 1 is 1.02 bits per heavy atom. The van der Waals surface area contributed by atoms with Crippen molar-refractivity contribution in [1.29, 1.82) is 0 Å². The van der Waals surface area contributed by atoms with E-state index in [2.05, 4.69) is 5.32 Å². The first-order chi connectivity index (χ1) is 19.0. The lowest BCUT2D eigenvalue weighted by Gasteiger charge is -2.45. The number of carbonyl (C=O) groups excluding carboxylic acids is 4. The second-order valence-corrected chi connectivity index (χ2v) is 11.5. The van der Waals surface area contributed by atoms with Gasteiger partial charge in [0.2, 0.25) is 0 Å². The van der Waals surface area contributed by atoms with E-state index in [1.54, 1.807) is 18.0 Å². The number of Topliss-reactive ketones (excluding diaryl/α,β-unsaturated/α-hetero) is 1. The molecule has 0 spiro atoms. The number of fused-ring (bicyclic) bond motifs is 2. The van der Waals surface area contributed by atoms with E-state index in [1.807, 2.05) is 49.1 Å². The van der Waals surface area contributed by atoms with Gasteiger partial charge in [0, 0.05) is 36.0 Å². The molecule has 2 heterocycles. The lowest BCUT2D eigenvalue weighted by atomic mass is 9.65. The summed E-state index contributed by atoms with van der Waals surface area (Å²) in [5, 5.41) is 3.12. The number of benzene rings is 2. The highest BCUT2D eigenvalue weighted by Gasteiger charge is 2.49. The highest BCUT2D eigenvalue weighted by molar-refractivity contribution is 6.51. The van der Waals surface area contributed by atoms with Crippen LogP contribution in [0.25, 0.3) is 0 Å². The SMILES string of the molecule is CC(C)C[C@H](CC(=O)CNC(=O)c1cc(Cl)ccc1Cl)B1OC(=O)[C@@H]2CN(c3ccccc3)C[C@@H](C(=O)O1)N2C. The molecule has 2 aromatic carbocycles. The highest BCUT2D eigenvalue weighted by Crippen LogP contribution is 2.31. The zero-order valence-corrected chi connectivity index (χ0v) is 24.2. The molecule has 4 rings (SSSR count). The number of ketones is 1. The maximum absolute atomic E-state index is 13.3. The van der Waals surface area contributed by atoms with Gasteiger partial charge in [-0.15, -0.1) is 0 Å². The third kappa shape index (κ3) is 7.16. The largest absolute Gasteiger partial charge is 0.602 e. The molecule has 0 saturated carbocycles. The Kier molecular flexibility index (Phi) is 9.76. The molecule has 1 N–H and O–H groups in total. The van der Waals surface area contributed by atoms with Gasteiger partial charge in [0.1, 0.15) is 12.1 Å². The predicted octanol–water partition coefficient (Wildman–Crippen LogP) is 3.88. The van der Waals surface area contributed by atoms with E-state index >= 15 is 0 Å². The normalized spacial score (nSPS) is 20.4. The van der Waals surface area contributed by atoms with Crippen LogP contribution in [0.3, 0.4) is 0 Å². The van der Waals surface area contributed by atoms with Gasteiger partial charge in [0.05, 0.1) is 17.1 Å². The molecule has 12 heteroatoms. The van der Waals surface area contributed by atoms with E-state index < -0.39 is 42.9 Å². The summed E-state index contributed by atoms with van der Waals surface area (Å²) in [6.07, 6.45) is 0.403. The van der Waals surface area contributed by atoms with E-state index in [-0.39, 0.29) is 35.3 Å². The first-order valence-electron chi connectivity index (χ1n) is 13.2. The fourth-order valence-corrected chi connectivity index (χ4v) is 5.48. The minimum atomic E-state index is -1.22. The van der Waals surface area contributed by atoms with Crippen LogP contribution in [0.4, 0.5) is 5.69 Å². The summed E-state index contributed by atoms with van der Waals surface area (Å²) in [7, 11) is 0.496. The number of likely N-dealkylation sites (N-methyl/N-ethyl adjacent to an activating group) is 1. The number of nitrogens with one attached hydrogen (secondary N) is 1. The van der Waals surface area contributed by atoms with Gasteiger partial charge in [0.25, 0.3) is 5.91 Å². The average Bonchev–Trinajstić information content (AvgIpc) is 2.92. The third-order valence-corrected chi connectivity index (χ3v) is 7.73. The second-order valence-electron chi connectivity index (χ2n) is 10.6. The molecule has 2 aromatic rings. The molecule has 40 heavy (non-hydrogen) atoms. The molecule has 212 valence electrons. The summed E-state index contributed by atoms with van der Waals surface area (Å²) in [6, 6.07) is 12.7. The van der Waals surface area contributed by atoms with E-state index in [0.717, 1.165) is 5.69 Å². The van der Waals surface area contributed by atoms with Gasteiger partial charge in [-0.25, -0.2) is 0 Å². The monoisotopic (exact) mass is 587 g/mol. The first kappa shape index (κ1) is 29.9. The van der Waals surface area contributed by atoms with Crippen molar-refractivity contribution in [2.24, 2.45) is 5.92 Å². The summed E-state index contributed by atoms with van der Waals surface area (Å²) in [5.74, 6) is -2.34. The Labute approximate surface area is 244 Å². The predicted molar refractivity (Wildman–Crippen MR) is 154 cm³/mol. The van der Waals surface area contributed by atoms with Gasteiger partial charge in [-0.1, -0.05) is 55.2 Å². The number of carbonyl (C=O) groups is 4. The quantitative estimate of drug-likeness (QED) is 0.441. The molecule has 2 saturated heterocycles. The minimum absolute atomic E-state index is 0.0612. The minimum Gasteiger partial charge on any atom is -0.498 e. The number of rotatable bonds is 9.